The zero-order valence-corrected chi connectivity index (χ0v) is 30.7. The first-order chi connectivity index (χ1) is 28.2. The highest BCUT2D eigenvalue weighted by molar-refractivity contribution is 6.17. The lowest BCUT2D eigenvalue weighted by atomic mass is 10.0. The first-order valence-corrected chi connectivity index (χ1v) is 19.3. The third-order valence-corrected chi connectivity index (χ3v) is 11.5. The van der Waals surface area contributed by atoms with E-state index < -0.39 is 0 Å². The zero-order chi connectivity index (χ0) is 37.5. The minimum Gasteiger partial charge on any atom is -0.455 e. The van der Waals surface area contributed by atoms with Crippen molar-refractivity contribution in [3.8, 4) is 22.4 Å². The number of fused-ring (bicyclic) bond motifs is 11. The van der Waals surface area contributed by atoms with E-state index in [1.54, 1.807) is 0 Å². The Hall–Kier alpha value is -7.69. The van der Waals surface area contributed by atoms with E-state index in [0.717, 1.165) is 110 Å². The van der Waals surface area contributed by atoms with Crippen LogP contribution in [0.2, 0.25) is 0 Å². The first-order valence-electron chi connectivity index (χ1n) is 19.3. The number of rotatable bonds is 5. The Kier molecular flexibility index (Phi) is 6.89. The molecule has 4 nitrogen and oxygen atoms in total. The topological polar surface area (TPSA) is 42.4 Å². The van der Waals surface area contributed by atoms with Gasteiger partial charge in [0.2, 0.25) is 0 Å². The van der Waals surface area contributed by atoms with Gasteiger partial charge in [-0.3, -0.25) is 4.98 Å². The summed E-state index contributed by atoms with van der Waals surface area (Å²) < 4.78 is 13.3. The fourth-order valence-electron chi connectivity index (χ4n) is 8.59. The van der Waals surface area contributed by atoms with Gasteiger partial charge in [0.05, 0.1) is 5.69 Å². The minimum atomic E-state index is 0.845. The zero-order valence-electron chi connectivity index (χ0n) is 30.7. The predicted octanol–water partition coefficient (Wildman–Crippen LogP) is 15.1. The summed E-state index contributed by atoms with van der Waals surface area (Å²) in [5.41, 5.74) is 10.9. The molecule has 0 spiro atoms. The molecule has 4 heteroatoms. The summed E-state index contributed by atoms with van der Waals surface area (Å²) in [6, 6.07) is 66.5. The molecule has 0 saturated heterocycles. The standard InChI is InChI=1S/C53H32N2O2/c1-2-10-39-32-54-49(29-38(39)9-1)37-15-13-33(14-16-37)34-17-21-40(22-18-34)55(41-23-27-45-47-25-19-35-7-3-5-11-43(35)52(47)56-50(45)30-41)42-24-28-46-48-26-20-36-8-4-6-12-44(36)53(48)57-51(46)31-42/h1-32H. The van der Waals surface area contributed by atoms with E-state index in [4.69, 9.17) is 13.8 Å². The van der Waals surface area contributed by atoms with Crippen molar-refractivity contribution < 1.29 is 8.83 Å². The van der Waals surface area contributed by atoms with Gasteiger partial charge in [0, 0.05) is 78.7 Å². The van der Waals surface area contributed by atoms with Gasteiger partial charge < -0.3 is 13.7 Å². The summed E-state index contributed by atoms with van der Waals surface area (Å²) in [7, 11) is 0. The van der Waals surface area contributed by atoms with Gasteiger partial charge in [-0.1, -0.05) is 121 Å². The number of hydrogen-bond acceptors (Lipinski definition) is 4. The molecular weight excluding hydrogens is 697 g/mol. The Bertz CT molecular complexity index is 3370. The molecule has 0 unspecified atom stereocenters. The molecule has 12 rings (SSSR count). The van der Waals surface area contributed by atoms with Crippen molar-refractivity contribution in [1.29, 1.82) is 0 Å². The van der Waals surface area contributed by atoms with Gasteiger partial charge in [0.25, 0.3) is 0 Å². The highest BCUT2D eigenvalue weighted by Gasteiger charge is 2.19. The maximum atomic E-state index is 6.67. The molecule has 0 N–H and O–H groups in total. The van der Waals surface area contributed by atoms with Gasteiger partial charge in [-0.05, 0) is 81.9 Å². The van der Waals surface area contributed by atoms with Crippen molar-refractivity contribution in [1.82, 2.24) is 4.98 Å². The third-order valence-electron chi connectivity index (χ3n) is 11.5. The molecule has 0 aliphatic carbocycles. The molecule has 12 aromatic rings. The number of hydrogen-bond donors (Lipinski definition) is 0. The Morgan fingerprint density at radius 2 is 0.789 bits per heavy atom. The molecule has 0 aliphatic rings. The summed E-state index contributed by atoms with van der Waals surface area (Å²) in [4.78, 5) is 7.02. The second-order valence-corrected chi connectivity index (χ2v) is 14.8. The van der Waals surface area contributed by atoms with Gasteiger partial charge in [-0.2, -0.15) is 0 Å². The summed E-state index contributed by atoms with van der Waals surface area (Å²) in [6.07, 6.45) is 1.95. The van der Waals surface area contributed by atoms with E-state index in [1.807, 2.05) is 12.3 Å². The van der Waals surface area contributed by atoms with Gasteiger partial charge in [0.15, 0.2) is 0 Å². The second-order valence-electron chi connectivity index (χ2n) is 14.8. The van der Waals surface area contributed by atoms with E-state index in [2.05, 4.69) is 187 Å². The first kappa shape index (κ1) is 31.6. The molecule has 3 heterocycles. The van der Waals surface area contributed by atoms with Gasteiger partial charge >= 0.3 is 0 Å². The largest absolute Gasteiger partial charge is 0.455 e. The van der Waals surface area contributed by atoms with Gasteiger partial charge in [0.1, 0.15) is 22.3 Å². The summed E-state index contributed by atoms with van der Waals surface area (Å²) >= 11 is 0. The van der Waals surface area contributed by atoms with Crippen LogP contribution in [0.15, 0.2) is 203 Å². The van der Waals surface area contributed by atoms with Crippen LogP contribution in [0.25, 0.3) is 98.6 Å². The SMILES string of the molecule is c1ccc2cc(-c3ccc(-c4ccc(N(c5ccc6c(c5)oc5c7ccccc7ccc65)c5ccc6c(c5)oc5c7ccccc7ccc65)cc4)cc3)ncc2c1. The number of nitrogens with zero attached hydrogens (tertiary/aromatic N) is 2. The molecule has 0 radical (unpaired) electrons. The van der Waals surface area contributed by atoms with Crippen molar-refractivity contribution in [2.45, 2.75) is 0 Å². The number of benzene rings is 9. The quantitative estimate of drug-likeness (QED) is 0.177. The number of furan rings is 2. The molecule has 0 fully saturated rings. The Labute approximate surface area is 327 Å². The molecule has 0 atom stereocenters. The lowest BCUT2D eigenvalue weighted by Gasteiger charge is -2.25. The smallest absolute Gasteiger partial charge is 0.143 e. The molecular formula is C53H32N2O2. The van der Waals surface area contributed by atoms with Gasteiger partial charge in [-0.15, -0.1) is 0 Å². The number of aromatic nitrogens is 1. The third kappa shape index (κ3) is 5.12. The molecule has 57 heavy (non-hydrogen) atoms. The maximum Gasteiger partial charge on any atom is 0.143 e. The average molecular weight is 729 g/mol. The molecule has 9 aromatic carbocycles. The van der Waals surface area contributed by atoms with Crippen LogP contribution in [-0.2, 0) is 0 Å². The molecule has 266 valence electrons. The van der Waals surface area contributed by atoms with Crippen LogP contribution in [0.5, 0.6) is 0 Å². The fraction of sp³-hybridized carbons (Fsp3) is 0. The average Bonchev–Trinajstić information content (AvgIpc) is 3.85. The van der Waals surface area contributed by atoms with E-state index in [0.29, 0.717) is 0 Å². The normalized spacial score (nSPS) is 11.9. The van der Waals surface area contributed by atoms with E-state index in [9.17, 15) is 0 Å². The van der Waals surface area contributed by atoms with Crippen LogP contribution < -0.4 is 4.90 Å². The molecule has 0 bridgehead atoms. The van der Waals surface area contributed by atoms with Crippen LogP contribution in [0.3, 0.4) is 0 Å². The molecule has 3 aromatic heterocycles. The second kappa shape index (κ2) is 12.4. The van der Waals surface area contributed by atoms with Crippen molar-refractivity contribution in [3.05, 3.63) is 194 Å². The minimum absolute atomic E-state index is 0.845. The van der Waals surface area contributed by atoms with Crippen LogP contribution in [-0.4, -0.2) is 4.98 Å². The van der Waals surface area contributed by atoms with Crippen LogP contribution >= 0.6 is 0 Å². The lowest BCUT2D eigenvalue weighted by Crippen LogP contribution is -2.09. The maximum absolute atomic E-state index is 6.67. The molecule has 0 saturated carbocycles. The summed E-state index contributed by atoms with van der Waals surface area (Å²) in [5.74, 6) is 0. The Morgan fingerprint density at radius 1 is 0.333 bits per heavy atom. The predicted molar refractivity (Wildman–Crippen MR) is 237 cm³/mol. The van der Waals surface area contributed by atoms with Crippen molar-refractivity contribution in [2.24, 2.45) is 0 Å². The Morgan fingerprint density at radius 3 is 1.37 bits per heavy atom. The van der Waals surface area contributed by atoms with Crippen LogP contribution in [0.1, 0.15) is 0 Å². The Balaban J connectivity index is 0.967. The number of pyridine rings is 1. The summed E-state index contributed by atoms with van der Waals surface area (Å²) in [6.45, 7) is 0. The van der Waals surface area contributed by atoms with E-state index in [1.165, 1.54) is 5.39 Å². The monoisotopic (exact) mass is 728 g/mol. The molecule has 0 amide bonds. The molecule has 0 aliphatic heterocycles. The van der Waals surface area contributed by atoms with Crippen LogP contribution in [0, 0.1) is 0 Å². The van der Waals surface area contributed by atoms with Crippen molar-refractivity contribution in [2.75, 3.05) is 4.90 Å². The van der Waals surface area contributed by atoms with E-state index in [-0.39, 0.29) is 0 Å². The van der Waals surface area contributed by atoms with Crippen LogP contribution in [0.4, 0.5) is 17.1 Å². The van der Waals surface area contributed by atoms with E-state index >= 15 is 0 Å². The fourth-order valence-corrected chi connectivity index (χ4v) is 8.59. The van der Waals surface area contributed by atoms with Crippen molar-refractivity contribution in [3.63, 3.8) is 0 Å². The summed E-state index contributed by atoms with van der Waals surface area (Å²) in [5, 5.41) is 11.3. The lowest BCUT2D eigenvalue weighted by molar-refractivity contribution is 0.672. The highest BCUT2D eigenvalue weighted by Crippen LogP contribution is 2.43. The highest BCUT2D eigenvalue weighted by atomic mass is 16.3. The van der Waals surface area contributed by atoms with Crippen molar-refractivity contribution >= 4 is 93.3 Å². The van der Waals surface area contributed by atoms with Gasteiger partial charge in [-0.25, -0.2) is 0 Å². The number of anilines is 3.